The Morgan fingerprint density at radius 2 is 1.74 bits per heavy atom. The maximum absolute atomic E-state index is 5.99. The number of benzene rings is 3. The zero-order valence-corrected chi connectivity index (χ0v) is 16.2. The van der Waals surface area contributed by atoms with Gasteiger partial charge in [0.15, 0.2) is 11.5 Å². The van der Waals surface area contributed by atoms with Crippen molar-refractivity contribution in [2.75, 3.05) is 12.5 Å². The molecule has 0 aliphatic heterocycles. The molecule has 0 aliphatic rings. The molecule has 0 spiro atoms. The Morgan fingerprint density at radius 3 is 2.48 bits per heavy atom. The number of rotatable bonds is 7. The summed E-state index contributed by atoms with van der Waals surface area (Å²) in [5, 5.41) is 5.20. The number of methoxy groups -OCH3 is 1. The van der Waals surface area contributed by atoms with Crippen molar-refractivity contribution in [3.8, 4) is 11.5 Å². The maximum atomic E-state index is 5.99. The summed E-state index contributed by atoms with van der Waals surface area (Å²) in [4.78, 5) is 0. The van der Waals surface area contributed by atoms with Crippen LogP contribution in [-0.2, 0) is 6.61 Å². The minimum absolute atomic E-state index is 0.458. The SMILES string of the molecule is COc1ccc(/C=N\Nc2ccc(Cl)c(Cl)c2)cc1OCc1ccccc1. The molecular weight excluding hydrogens is 383 g/mol. The van der Waals surface area contributed by atoms with E-state index in [0.29, 0.717) is 28.2 Å². The van der Waals surface area contributed by atoms with Crippen molar-refractivity contribution in [2.45, 2.75) is 6.61 Å². The minimum Gasteiger partial charge on any atom is -0.493 e. The fraction of sp³-hybridized carbons (Fsp3) is 0.0952. The highest BCUT2D eigenvalue weighted by Crippen LogP contribution is 2.28. The second-order valence-corrected chi connectivity index (χ2v) is 6.50. The molecule has 0 fully saturated rings. The molecule has 0 bridgehead atoms. The molecule has 4 nitrogen and oxygen atoms in total. The number of hydrazone groups is 1. The first kappa shape index (κ1) is 19.1. The molecule has 3 aromatic carbocycles. The van der Waals surface area contributed by atoms with Gasteiger partial charge >= 0.3 is 0 Å². The smallest absolute Gasteiger partial charge is 0.162 e. The summed E-state index contributed by atoms with van der Waals surface area (Å²) < 4.78 is 11.3. The second-order valence-electron chi connectivity index (χ2n) is 5.68. The first-order chi connectivity index (χ1) is 13.2. The number of halogens is 2. The number of ether oxygens (including phenoxy) is 2. The topological polar surface area (TPSA) is 42.8 Å². The zero-order chi connectivity index (χ0) is 19.1. The molecule has 0 saturated heterocycles. The van der Waals surface area contributed by atoms with E-state index in [1.54, 1.807) is 31.5 Å². The van der Waals surface area contributed by atoms with E-state index in [4.69, 9.17) is 32.7 Å². The van der Waals surface area contributed by atoms with Crippen LogP contribution in [-0.4, -0.2) is 13.3 Å². The van der Waals surface area contributed by atoms with Gasteiger partial charge in [0, 0.05) is 0 Å². The molecule has 0 amide bonds. The fourth-order valence-electron chi connectivity index (χ4n) is 2.37. The maximum Gasteiger partial charge on any atom is 0.162 e. The van der Waals surface area contributed by atoms with Crippen LogP contribution in [0.25, 0.3) is 0 Å². The lowest BCUT2D eigenvalue weighted by atomic mass is 10.2. The lowest BCUT2D eigenvalue weighted by molar-refractivity contribution is 0.284. The predicted octanol–water partition coefficient (Wildman–Crippen LogP) is 6.03. The van der Waals surface area contributed by atoms with E-state index in [1.807, 2.05) is 48.5 Å². The molecule has 0 aromatic heterocycles. The van der Waals surface area contributed by atoms with Gasteiger partial charge in [-0.3, -0.25) is 5.43 Å². The molecule has 138 valence electrons. The van der Waals surface area contributed by atoms with E-state index in [1.165, 1.54) is 0 Å². The summed E-state index contributed by atoms with van der Waals surface area (Å²) in [6, 6.07) is 20.8. The van der Waals surface area contributed by atoms with Gasteiger partial charge in [-0.25, -0.2) is 0 Å². The van der Waals surface area contributed by atoms with Gasteiger partial charge in [0.25, 0.3) is 0 Å². The number of anilines is 1. The van der Waals surface area contributed by atoms with Gasteiger partial charge in [0.2, 0.25) is 0 Å². The van der Waals surface area contributed by atoms with Gasteiger partial charge in [-0.2, -0.15) is 5.10 Å². The van der Waals surface area contributed by atoms with Crippen LogP contribution < -0.4 is 14.9 Å². The third kappa shape index (κ3) is 5.39. The Bertz CT molecular complexity index is 931. The zero-order valence-electron chi connectivity index (χ0n) is 14.7. The van der Waals surface area contributed by atoms with Crippen LogP contribution in [0.1, 0.15) is 11.1 Å². The van der Waals surface area contributed by atoms with Crippen molar-refractivity contribution in [1.82, 2.24) is 0 Å². The lowest BCUT2D eigenvalue weighted by Gasteiger charge is -2.11. The lowest BCUT2D eigenvalue weighted by Crippen LogP contribution is -1.99. The number of nitrogens with zero attached hydrogens (tertiary/aromatic N) is 1. The summed E-state index contributed by atoms with van der Waals surface area (Å²) in [5.74, 6) is 1.32. The number of hydrogen-bond donors (Lipinski definition) is 1. The predicted molar refractivity (Wildman–Crippen MR) is 111 cm³/mol. The van der Waals surface area contributed by atoms with Crippen molar-refractivity contribution in [3.05, 3.63) is 87.9 Å². The first-order valence-electron chi connectivity index (χ1n) is 8.24. The highest BCUT2D eigenvalue weighted by atomic mass is 35.5. The molecular formula is C21H18Cl2N2O2. The van der Waals surface area contributed by atoms with E-state index in [9.17, 15) is 0 Å². The van der Waals surface area contributed by atoms with Crippen molar-refractivity contribution in [2.24, 2.45) is 5.10 Å². The number of nitrogens with one attached hydrogen (secondary N) is 1. The van der Waals surface area contributed by atoms with Gasteiger partial charge in [0.05, 0.1) is 29.1 Å². The highest BCUT2D eigenvalue weighted by molar-refractivity contribution is 6.42. The van der Waals surface area contributed by atoms with Crippen molar-refractivity contribution < 1.29 is 9.47 Å². The van der Waals surface area contributed by atoms with Gasteiger partial charge in [-0.1, -0.05) is 53.5 Å². The third-order valence-electron chi connectivity index (χ3n) is 3.75. The van der Waals surface area contributed by atoms with Crippen LogP contribution in [0.4, 0.5) is 5.69 Å². The Labute approximate surface area is 168 Å². The third-order valence-corrected chi connectivity index (χ3v) is 4.49. The standard InChI is InChI=1S/C21H18Cl2N2O2/c1-26-20-10-7-16(11-21(20)27-14-15-5-3-2-4-6-15)13-24-25-17-8-9-18(22)19(23)12-17/h2-13,25H,14H2,1H3/b24-13-. The second kappa shape index (κ2) is 9.31. The van der Waals surface area contributed by atoms with Gasteiger partial charge in [-0.15, -0.1) is 0 Å². The molecule has 0 heterocycles. The quantitative estimate of drug-likeness (QED) is 0.389. The monoisotopic (exact) mass is 400 g/mol. The fourth-order valence-corrected chi connectivity index (χ4v) is 2.67. The first-order valence-corrected chi connectivity index (χ1v) is 9.00. The van der Waals surface area contributed by atoms with E-state index in [-0.39, 0.29) is 0 Å². The Morgan fingerprint density at radius 1 is 0.926 bits per heavy atom. The van der Waals surface area contributed by atoms with Gasteiger partial charge < -0.3 is 9.47 Å². The van der Waals surface area contributed by atoms with Crippen LogP contribution in [0.3, 0.4) is 0 Å². The average Bonchev–Trinajstić information content (AvgIpc) is 2.70. The largest absolute Gasteiger partial charge is 0.493 e. The van der Waals surface area contributed by atoms with Crippen LogP contribution in [0.5, 0.6) is 11.5 Å². The van der Waals surface area contributed by atoms with E-state index in [0.717, 1.165) is 16.8 Å². The summed E-state index contributed by atoms with van der Waals surface area (Å²) in [6.45, 7) is 0.458. The van der Waals surface area contributed by atoms with E-state index in [2.05, 4.69) is 10.5 Å². The molecule has 0 atom stereocenters. The van der Waals surface area contributed by atoms with Crippen molar-refractivity contribution in [3.63, 3.8) is 0 Å². The van der Waals surface area contributed by atoms with Crippen LogP contribution >= 0.6 is 23.2 Å². The molecule has 0 saturated carbocycles. The summed E-state index contributed by atoms with van der Waals surface area (Å²) >= 11 is 11.9. The molecule has 0 radical (unpaired) electrons. The Kier molecular flexibility index (Phi) is 6.58. The van der Waals surface area contributed by atoms with Gasteiger partial charge in [0.1, 0.15) is 6.61 Å². The van der Waals surface area contributed by atoms with Crippen molar-refractivity contribution >= 4 is 35.1 Å². The molecule has 6 heteroatoms. The van der Waals surface area contributed by atoms with Crippen LogP contribution in [0.15, 0.2) is 71.8 Å². The summed E-state index contributed by atoms with van der Waals surface area (Å²) in [5.41, 5.74) is 5.62. The Hall–Kier alpha value is -2.69. The molecule has 27 heavy (non-hydrogen) atoms. The molecule has 0 unspecified atom stereocenters. The molecule has 3 aromatic rings. The minimum atomic E-state index is 0.458. The van der Waals surface area contributed by atoms with E-state index >= 15 is 0 Å². The molecule has 1 N–H and O–H groups in total. The number of hydrogen-bond acceptors (Lipinski definition) is 4. The summed E-state index contributed by atoms with van der Waals surface area (Å²) in [6.07, 6.45) is 1.69. The van der Waals surface area contributed by atoms with Crippen LogP contribution in [0, 0.1) is 0 Å². The average molecular weight is 401 g/mol. The van der Waals surface area contributed by atoms with Gasteiger partial charge in [-0.05, 0) is 47.5 Å². The summed E-state index contributed by atoms with van der Waals surface area (Å²) in [7, 11) is 1.62. The molecule has 3 rings (SSSR count). The Balaban J connectivity index is 1.69. The highest BCUT2D eigenvalue weighted by Gasteiger charge is 2.06. The van der Waals surface area contributed by atoms with Crippen LogP contribution in [0.2, 0.25) is 10.0 Å². The molecule has 0 aliphatic carbocycles. The normalized spacial score (nSPS) is 10.8. The van der Waals surface area contributed by atoms with Crippen molar-refractivity contribution in [1.29, 1.82) is 0 Å². The van der Waals surface area contributed by atoms with E-state index < -0.39 is 0 Å².